The van der Waals surface area contributed by atoms with Gasteiger partial charge in [0.2, 0.25) is 0 Å². The zero-order valence-electron chi connectivity index (χ0n) is 25.4. The summed E-state index contributed by atoms with van der Waals surface area (Å²) in [5.74, 6) is 2.53. The van der Waals surface area contributed by atoms with E-state index in [1.54, 1.807) is 24.3 Å². The summed E-state index contributed by atoms with van der Waals surface area (Å²) >= 11 is 0. The molecule has 4 fully saturated rings. The van der Waals surface area contributed by atoms with Gasteiger partial charge < -0.3 is 14.7 Å². The number of rotatable bonds is 4. The normalized spacial score (nSPS) is 30.0. The summed E-state index contributed by atoms with van der Waals surface area (Å²) < 4.78 is 52.9. The van der Waals surface area contributed by atoms with Crippen LogP contribution in [0.4, 0.5) is 19.0 Å². The molecule has 2 aromatic carbocycles. The summed E-state index contributed by atoms with van der Waals surface area (Å²) in [6, 6.07) is 8.14. The molecule has 2 bridgehead atoms. The predicted octanol–water partition coefficient (Wildman–Crippen LogP) is 6.10. The molecule has 5 aliphatic rings. The monoisotopic (exact) mass is 625 g/mol. The number of aliphatic hydroxyl groups is 1. The fourth-order valence-corrected chi connectivity index (χ4v) is 9.39. The molecule has 236 valence electrons. The van der Waals surface area contributed by atoms with Crippen molar-refractivity contribution in [1.29, 1.82) is 0 Å². The number of halogens is 3. The minimum absolute atomic E-state index is 0.00570. The molecule has 4 aliphatic heterocycles. The zero-order valence-corrected chi connectivity index (χ0v) is 25.4. The molecule has 2 aromatic heterocycles. The number of benzene rings is 2. The van der Waals surface area contributed by atoms with E-state index < -0.39 is 29.4 Å². The van der Waals surface area contributed by atoms with Gasteiger partial charge in [-0.05, 0) is 68.4 Å². The van der Waals surface area contributed by atoms with Crippen LogP contribution in [0, 0.1) is 35.8 Å². The maximum Gasteiger partial charge on any atom is 0.319 e. The second-order valence-corrected chi connectivity index (χ2v) is 14.0. The van der Waals surface area contributed by atoms with Gasteiger partial charge in [-0.1, -0.05) is 30.2 Å². The van der Waals surface area contributed by atoms with Crippen LogP contribution in [0.5, 0.6) is 6.01 Å². The SMILES string of the molecule is C#Cc1c(F)ccc2cccc(-c3nc4c5c(nc(OC[C@@]67CCCN6C[C@H](F)C7)nc5c3F)N3C[C@H]5CC[C@H](C5)[C@H]3C[C@H]4O)c12. The molecule has 0 amide bonds. The molecule has 6 heterocycles. The highest BCUT2D eigenvalue weighted by molar-refractivity contribution is 6.03. The van der Waals surface area contributed by atoms with Gasteiger partial charge in [0, 0.05) is 36.5 Å². The summed E-state index contributed by atoms with van der Waals surface area (Å²) in [7, 11) is 0. The molecule has 0 spiro atoms. The Morgan fingerprint density at radius 1 is 1.07 bits per heavy atom. The first kappa shape index (κ1) is 28.3. The Balaban J connectivity index is 1.26. The Kier molecular flexibility index (Phi) is 6.32. The predicted molar refractivity (Wildman–Crippen MR) is 168 cm³/mol. The quantitative estimate of drug-likeness (QED) is 0.275. The Labute approximate surface area is 264 Å². The minimum atomic E-state index is -0.993. The van der Waals surface area contributed by atoms with Crippen LogP contribution >= 0.6 is 0 Å². The number of ether oxygens (including phenoxy) is 1. The summed E-state index contributed by atoms with van der Waals surface area (Å²) in [5.41, 5.74) is 0.124. The van der Waals surface area contributed by atoms with Crippen molar-refractivity contribution in [2.45, 2.75) is 68.8 Å². The van der Waals surface area contributed by atoms with Crippen LogP contribution in [-0.4, -0.2) is 69.0 Å². The van der Waals surface area contributed by atoms with Gasteiger partial charge in [0.05, 0.1) is 28.3 Å². The molecular formula is C36H34F3N5O2. The van der Waals surface area contributed by atoms with Crippen molar-refractivity contribution in [3.63, 3.8) is 0 Å². The fraction of sp³-hybridized carbons (Fsp3) is 0.472. The number of aromatic nitrogens is 3. The Hall–Kier alpha value is -3.94. The van der Waals surface area contributed by atoms with Gasteiger partial charge in [-0.2, -0.15) is 9.97 Å². The second kappa shape index (κ2) is 10.3. The van der Waals surface area contributed by atoms with Crippen molar-refractivity contribution in [3.8, 4) is 29.6 Å². The van der Waals surface area contributed by atoms with Gasteiger partial charge in [0.25, 0.3) is 0 Å². The summed E-state index contributed by atoms with van der Waals surface area (Å²) in [5, 5.41) is 13.1. The average Bonchev–Trinajstić information content (AvgIpc) is 3.70. The van der Waals surface area contributed by atoms with E-state index in [0.29, 0.717) is 64.5 Å². The molecular weight excluding hydrogens is 591 g/mol. The first-order valence-electron chi connectivity index (χ1n) is 16.4. The number of aliphatic hydroxyl groups excluding tert-OH is 1. The van der Waals surface area contributed by atoms with Crippen LogP contribution in [0.15, 0.2) is 30.3 Å². The summed E-state index contributed by atoms with van der Waals surface area (Å²) in [6.07, 6.45) is 9.72. The van der Waals surface area contributed by atoms with Crippen LogP contribution in [0.25, 0.3) is 32.9 Å². The molecule has 7 nitrogen and oxygen atoms in total. The number of piperidine rings is 1. The van der Waals surface area contributed by atoms with E-state index in [-0.39, 0.29) is 35.4 Å². The van der Waals surface area contributed by atoms with Crippen LogP contribution < -0.4 is 9.64 Å². The Morgan fingerprint density at radius 2 is 1.96 bits per heavy atom. The summed E-state index contributed by atoms with van der Waals surface area (Å²) in [6.45, 7) is 2.16. The number of alkyl halides is 1. The maximum atomic E-state index is 17.1. The number of fused-ring (bicyclic) bond motifs is 7. The maximum absolute atomic E-state index is 17.1. The van der Waals surface area contributed by atoms with E-state index in [2.05, 4.69) is 20.7 Å². The van der Waals surface area contributed by atoms with Crippen molar-refractivity contribution in [1.82, 2.24) is 19.9 Å². The lowest BCUT2D eigenvalue weighted by molar-refractivity contribution is 0.107. The molecule has 6 atom stereocenters. The largest absolute Gasteiger partial charge is 0.461 e. The Morgan fingerprint density at radius 3 is 2.83 bits per heavy atom. The molecule has 0 radical (unpaired) electrons. The van der Waals surface area contributed by atoms with E-state index in [1.807, 2.05) is 0 Å². The van der Waals surface area contributed by atoms with Crippen LogP contribution in [0.1, 0.15) is 62.3 Å². The first-order valence-corrected chi connectivity index (χ1v) is 16.4. The zero-order chi connectivity index (χ0) is 31.3. The lowest BCUT2D eigenvalue weighted by Gasteiger charge is -2.41. The number of anilines is 1. The molecule has 0 unspecified atom stereocenters. The van der Waals surface area contributed by atoms with Crippen molar-refractivity contribution in [3.05, 3.63) is 53.2 Å². The summed E-state index contributed by atoms with van der Waals surface area (Å²) in [4.78, 5) is 18.7. The standard InChI is InChI=1S/C36H34F3N5O2/c1-2-23-25(38)10-9-20-5-3-6-24(28(20)23)31-30(39)33-29-32(40-31)27(45)14-26-21-8-7-19(13-21)16-44(26)34(29)42-35(41-33)46-18-36-11-4-12-43(36)17-22(37)15-36/h1,3,5-6,9-10,19,21-22,26-27,45H,4,7-8,11-18H2/t19-,21+,22+,26+,27+,36-/m0/s1. The Bertz CT molecular complexity index is 1960. The third-order valence-corrected chi connectivity index (χ3v) is 11.4. The molecule has 46 heavy (non-hydrogen) atoms. The van der Waals surface area contributed by atoms with Crippen molar-refractivity contribution in [2.75, 3.05) is 31.1 Å². The van der Waals surface area contributed by atoms with Gasteiger partial charge in [-0.25, -0.2) is 18.2 Å². The fourth-order valence-electron chi connectivity index (χ4n) is 9.39. The highest BCUT2D eigenvalue weighted by Gasteiger charge is 2.50. The third-order valence-electron chi connectivity index (χ3n) is 11.4. The molecule has 1 saturated carbocycles. The van der Waals surface area contributed by atoms with E-state index in [0.717, 1.165) is 45.2 Å². The molecule has 3 saturated heterocycles. The van der Waals surface area contributed by atoms with Crippen LogP contribution in [0.2, 0.25) is 0 Å². The molecule has 9 rings (SSSR count). The van der Waals surface area contributed by atoms with Crippen LogP contribution in [0.3, 0.4) is 0 Å². The number of terminal acetylenes is 1. The number of nitrogens with zero attached hydrogens (tertiary/aromatic N) is 5. The van der Waals surface area contributed by atoms with Crippen LogP contribution in [-0.2, 0) is 0 Å². The minimum Gasteiger partial charge on any atom is -0.461 e. The molecule has 1 aliphatic carbocycles. The van der Waals surface area contributed by atoms with Gasteiger partial charge in [-0.15, -0.1) is 6.42 Å². The number of hydrogen-bond acceptors (Lipinski definition) is 7. The lowest BCUT2D eigenvalue weighted by Crippen LogP contribution is -2.46. The lowest BCUT2D eigenvalue weighted by atomic mass is 9.87. The van der Waals surface area contributed by atoms with Gasteiger partial charge >= 0.3 is 6.01 Å². The van der Waals surface area contributed by atoms with E-state index >= 15 is 4.39 Å². The van der Waals surface area contributed by atoms with Crippen molar-refractivity contribution in [2.24, 2.45) is 11.8 Å². The van der Waals surface area contributed by atoms with Gasteiger partial charge in [0.1, 0.15) is 35.6 Å². The molecule has 4 aromatic rings. The second-order valence-electron chi connectivity index (χ2n) is 14.0. The highest BCUT2D eigenvalue weighted by Crippen LogP contribution is 2.50. The van der Waals surface area contributed by atoms with E-state index in [1.165, 1.54) is 6.07 Å². The average molecular weight is 626 g/mol. The number of hydrogen-bond donors (Lipinski definition) is 1. The van der Waals surface area contributed by atoms with E-state index in [9.17, 15) is 13.9 Å². The van der Waals surface area contributed by atoms with Crippen molar-refractivity contribution >= 4 is 27.5 Å². The van der Waals surface area contributed by atoms with E-state index in [4.69, 9.17) is 21.1 Å². The third kappa shape index (κ3) is 4.10. The molecule has 1 N–H and O–H groups in total. The van der Waals surface area contributed by atoms with Gasteiger partial charge in [0.15, 0.2) is 5.82 Å². The highest BCUT2D eigenvalue weighted by atomic mass is 19.1. The molecule has 10 heteroatoms. The van der Waals surface area contributed by atoms with Gasteiger partial charge in [-0.3, -0.25) is 4.90 Å². The smallest absolute Gasteiger partial charge is 0.319 e. The van der Waals surface area contributed by atoms with Crippen molar-refractivity contribution < 1.29 is 23.0 Å². The first-order chi connectivity index (χ1) is 22.3. The number of pyridine rings is 1. The topological polar surface area (TPSA) is 74.6 Å².